The molecule has 0 unspecified atom stereocenters. The maximum atomic E-state index is 12.4. The Morgan fingerprint density at radius 1 is 1.19 bits per heavy atom. The van der Waals surface area contributed by atoms with E-state index in [0.29, 0.717) is 12.3 Å². The van der Waals surface area contributed by atoms with Crippen molar-refractivity contribution in [3.8, 4) is 0 Å². The summed E-state index contributed by atoms with van der Waals surface area (Å²) >= 11 is 1.52. The van der Waals surface area contributed by atoms with Crippen molar-refractivity contribution in [2.75, 3.05) is 30.8 Å². The number of thioether (sulfide) groups is 1. The number of hydrogen-bond donors (Lipinski definition) is 1. The van der Waals surface area contributed by atoms with Gasteiger partial charge in [0, 0.05) is 18.0 Å². The van der Waals surface area contributed by atoms with Gasteiger partial charge in [-0.25, -0.2) is 0 Å². The van der Waals surface area contributed by atoms with Crippen molar-refractivity contribution >= 4 is 29.3 Å². The molecule has 0 atom stereocenters. The zero-order valence-corrected chi connectivity index (χ0v) is 16.6. The lowest BCUT2D eigenvalue weighted by Gasteiger charge is -2.28. The Balaban J connectivity index is 1.59. The molecule has 1 heterocycles. The van der Waals surface area contributed by atoms with E-state index in [4.69, 9.17) is 0 Å². The fourth-order valence-corrected chi connectivity index (χ4v) is 3.92. The van der Waals surface area contributed by atoms with Gasteiger partial charge in [-0.15, -0.1) is 11.8 Å². The van der Waals surface area contributed by atoms with Crippen LogP contribution in [-0.2, 0) is 22.7 Å². The summed E-state index contributed by atoms with van der Waals surface area (Å²) in [5.74, 6) is 0.191. The number of para-hydroxylation sites is 1. The van der Waals surface area contributed by atoms with Crippen LogP contribution in [0.25, 0.3) is 0 Å². The Labute approximate surface area is 164 Å². The number of hydrogen-bond acceptors (Lipinski definition) is 4. The van der Waals surface area contributed by atoms with E-state index in [2.05, 4.69) is 36.3 Å². The molecule has 0 aliphatic carbocycles. The van der Waals surface area contributed by atoms with Gasteiger partial charge in [-0.3, -0.25) is 9.59 Å². The molecule has 1 aliphatic rings. The highest BCUT2D eigenvalue weighted by Gasteiger charge is 2.26. The molecule has 1 aliphatic heterocycles. The van der Waals surface area contributed by atoms with Crippen LogP contribution in [0.3, 0.4) is 0 Å². The standard InChI is InChI=1S/C21H25N3O2S/c1-3-23(2)13-17-8-6-7-16(11-17)12-22-20(25)14-24-18-9-4-5-10-19(18)27-15-21(24)26/h4-11H,3,12-15H2,1-2H3,(H,22,25). The van der Waals surface area contributed by atoms with Crippen molar-refractivity contribution in [2.45, 2.75) is 24.9 Å². The third-order valence-corrected chi connectivity index (χ3v) is 5.63. The monoisotopic (exact) mass is 383 g/mol. The molecular formula is C21H25N3O2S. The molecule has 5 nitrogen and oxygen atoms in total. The van der Waals surface area contributed by atoms with E-state index in [9.17, 15) is 9.59 Å². The summed E-state index contributed by atoms with van der Waals surface area (Å²) in [7, 11) is 2.08. The lowest BCUT2D eigenvalue weighted by molar-refractivity contribution is -0.123. The summed E-state index contributed by atoms with van der Waals surface area (Å²) in [5.41, 5.74) is 3.10. The van der Waals surface area contributed by atoms with Crippen LogP contribution in [-0.4, -0.2) is 42.6 Å². The van der Waals surface area contributed by atoms with Crippen LogP contribution in [0.15, 0.2) is 53.4 Å². The Morgan fingerprint density at radius 2 is 1.96 bits per heavy atom. The minimum absolute atomic E-state index is 0.0292. The van der Waals surface area contributed by atoms with Crippen molar-refractivity contribution in [1.29, 1.82) is 0 Å². The average molecular weight is 384 g/mol. The lowest BCUT2D eigenvalue weighted by atomic mass is 10.1. The first-order chi connectivity index (χ1) is 13.1. The summed E-state index contributed by atoms with van der Waals surface area (Å²) in [6.45, 7) is 4.51. The first-order valence-corrected chi connectivity index (χ1v) is 10.1. The summed E-state index contributed by atoms with van der Waals surface area (Å²) in [4.78, 5) is 29.5. The van der Waals surface area contributed by atoms with Crippen LogP contribution in [0.4, 0.5) is 5.69 Å². The van der Waals surface area contributed by atoms with E-state index < -0.39 is 0 Å². The van der Waals surface area contributed by atoms with Crippen molar-refractivity contribution in [1.82, 2.24) is 10.2 Å². The highest BCUT2D eigenvalue weighted by Crippen LogP contribution is 2.34. The first-order valence-electron chi connectivity index (χ1n) is 9.12. The number of anilines is 1. The third-order valence-electron chi connectivity index (χ3n) is 4.58. The Hall–Kier alpha value is -2.31. The number of benzene rings is 2. The van der Waals surface area contributed by atoms with Crippen molar-refractivity contribution in [3.63, 3.8) is 0 Å². The van der Waals surface area contributed by atoms with Crippen LogP contribution in [0.5, 0.6) is 0 Å². The van der Waals surface area contributed by atoms with Crippen molar-refractivity contribution < 1.29 is 9.59 Å². The molecule has 0 aromatic heterocycles. The second-order valence-electron chi connectivity index (χ2n) is 6.66. The van der Waals surface area contributed by atoms with Crippen LogP contribution < -0.4 is 10.2 Å². The van der Waals surface area contributed by atoms with Gasteiger partial charge < -0.3 is 15.1 Å². The molecule has 27 heavy (non-hydrogen) atoms. The lowest BCUT2D eigenvalue weighted by Crippen LogP contribution is -2.43. The molecule has 0 saturated heterocycles. The topological polar surface area (TPSA) is 52.7 Å². The number of amides is 2. The van der Waals surface area contributed by atoms with Gasteiger partial charge in [0.05, 0.1) is 11.4 Å². The Kier molecular flexibility index (Phi) is 6.53. The summed E-state index contributed by atoms with van der Waals surface area (Å²) < 4.78 is 0. The van der Waals surface area contributed by atoms with Crippen molar-refractivity contribution in [2.24, 2.45) is 0 Å². The number of nitrogens with zero attached hydrogens (tertiary/aromatic N) is 2. The second-order valence-corrected chi connectivity index (χ2v) is 7.68. The maximum absolute atomic E-state index is 12.4. The quantitative estimate of drug-likeness (QED) is 0.799. The minimum atomic E-state index is -0.152. The second kappa shape index (κ2) is 9.06. The number of nitrogens with one attached hydrogen (secondary N) is 1. The number of carbonyl (C=O) groups is 2. The summed E-state index contributed by atoms with van der Waals surface area (Å²) in [5, 5.41) is 2.94. The molecule has 2 aromatic rings. The fourth-order valence-electron chi connectivity index (χ4n) is 2.99. The van der Waals surface area contributed by atoms with E-state index >= 15 is 0 Å². The summed E-state index contributed by atoms with van der Waals surface area (Å²) in [6, 6.07) is 15.9. The first kappa shape index (κ1) is 19.5. The zero-order chi connectivity index (χ0) is 19.2. The predicted octanol–water partition coefficient (Wildman–Crippen LogP) is 2.89. The van der Waals surface area contributed by atoms with Crippen LogP contribution in [0.2, 0.25) is 0 Å². The number of carbonyl (C=O) groups excluding carboxylic acids is 2. The smallest absolute Gasteiger partial charge is 0.240 e. The van der Waals surface area contributed by atoms with E-state index in [1.54, 1.807) is 4.90 Å². The van der Waals surface area contributed by atoms with Gasteiger partial charge in [0.25, 0.3) is 0 Å². The fraction of sp³-hybridized carbons (Fsp3) is 0.333. The molecular weight excluding hydrogens is 358 g/mol. The molecule has 1 N–H and O–H groups in total. The molecule has 0 bridgehead atoms. The van der Waals surface area contributed by atoms with Gasteiger partial charge in [0.1, 0.15) is 6.54 Å². The molecule has 0 spiro atoms. The molecule has 0 radical (unpaired) electrons. The van der Waals surface area contributed by atoms with Crippen LogP contribution >= 0.6 is 11.8 Å². The molecule has 2 aromatic carbocycles. The number of rotatable bonds is 7. The van der Waals surface area contributed by atoms with Gasteiger partial charge >= 0.3 is 0 Å². The van der Waals surface area contributed by atoms with E-state index in [1.807, 2.05) is 36.4 Å². The van der Waals surface area contributed by atoms with Gasteiger partial charge in [0.15, 0.2) is 0 Å². The minimum Gasteiger partial charge on any atom is -0.350 e. The molecule has 3 rings (SSSR count). The SMILES string of the molecule is CCN(C)Cc1cccc(CNC(=O)CN2C(=O)CSc3ccccc32)c1. The van der Waals surface area contributed by atoms with Crippen LogP contribution in [0.1, 0.15) is 18.1 Å². The third kappa shape index (κ3) is 5.11. The molecule has 0 saturated carbocycles. The zero-order valence-electron chi connectivity index (χ0n) is 15.8. The number of fused-ring (bicyclic) bond motifs is 1. The van der Waals surface area contributed by atoms with Gasteiger partial charge in [-0.05, 0) is 36.9 Å². The highest BCUT2D eigenvalue weighted by molar-refractivity contribution is 8.00. The highest BCUT2D eigenvalue weighted by atomic mass is 32.2. The van der Waals surface area contributed by atoms with Gasteiger partial charge in [-0.1, -0.05) is 43.3 Å². The predicted molar refractivity (Wildman–Crippen MR) is 110 cm³/mol. The maximum Gasteiger partial charge on any atom is 0.240 e. The van der Waals surface area contributed by atoms with Gasteiger partial charge in [0.2, 0.25) is 11.8 Å². The van der Waals surface area contributed by atoms with Crippen molar-refractivity contribution in [3.05, 3.63) is 59.7 Å². The van der Waals surface area contributed by atoms with E-state index in [1.165, 1.54) is 17.3 Å². The normalized spacial score (nSPS) is 13.6. The molecule has 2 amide bonds. The Bertz CT molecular complexity index is 825. The Morgan fingerprint density at radius 3 is 2.78 bits per heavy atom. The average Bonchev–Trinajstić information content (AvgIpc) is 2.69. The van der Waals surface area contributed by atoms with Crippen LogP contribution in [0, 0.1) is 0 Å². The molecule has 6 heteroatoms. The summed E-state index contributed by atoms with van der Waals surface area (Å²) in [6.07, 6.45) is 0. The van der Waals surface area contributed by atoms with Gasteiger partial charge in [-0.2, -0.15) is 0 Å². The largest absolute Gasteiger partial charge is 0.350 e. The molecule has 0 fully saturated rings. The molecule has 142 valence electrons. The van der Waals surface area contributed by atoms with E-state index in [-0.39, 0.29) is 18.4 Å². The van der Waals surface area contributed by atoms with E-state index in [0.717, 1.165) is 29.2 Å².